The molecule has 0 radical (unpaired) electrons. The zero-order chi connectivity index (χ0) is 25.7. The number of rotatable bonds is 8. The minimum Gasteiger partial charge on any atom is -0.422 e. The fourth-order valence-electron chi connectivity index (χ4n) is 3.32. The number of non-ortho nitro benzene ring substituents is 2. The van der Waals surface area contributed by atoms with E-state index < -0.39 is 15.8 Å². The molecule has 0 bridgehead atoms. The Balaban J connectivity index is 1.69. The van der Waals surface area contributed by atoms with Crippen molar-refractivity contribution in [2.75, 3.05) is 0 Å². The van der Waals surface area contributed by atoms with E-state index in [9.17, 15) is 25.0 Å². The molecule has 0 unspecified atom stereocenters. The van der Waals surface area contributed by atoms with Crippen LogP contribution in [0.1, 0.15) is 27.3 Å². The average molecular weight is 505 g/mol. The van der Waals surface area contributed by atoms with Crippen LogP contribution in [-0.4, -0.2) is 25.4 Å². The Morgan fingerprint density at radius 3 is 2.08 bits per heavy atom. The Labute approximate surface area is 209 Å². The summed E-state index contributed by atoms with van der Waals surface area (Å²) in [6.45, 7) is 0.398. The average Bonchev–Trinajstić information content (AvgIpc) is 3.31. The first kappa shape index (κ1) is 24.3. The number of hydrogen-bond acceptors (Lipinski definition) is 7. The summed E-state index contributed by atoms with van der Waals surface area (Å²) < 4.78 is 7.43. The normalized spacial score (nSPS) is 11.2. The fourth-order valence-corrected chi connectivity index (χ4v) is 3.51. The summed E-state index contributed by atoms with van der Waals surface area (Å²) in [7, 11) is 0. The number of ether oxygens (including phenoxy) is 1. The van der Waals surface area contributed by atoms with Crippen molar-refractivity contribution in [2.24, 2.45) is 0 Å². The summed E-state index contributed by atoms with van der Waals surface area (Å²) in [5, 5.41) is 22.5. The highest BCUT2D eigenvalue weighted by molar-refractivity contribution is 6.31. The first-order valence-electron chi connectivity index (χ1n) is 10.5. The molecule has 1 aromatic heterocycles. The van der Waals surface area contributed by atoms with Gasteiger partial charge in [-0.2, -0.15) is 0 Å². The van der Waals surface area contributed by atoms with Gasteiger partial charge in [0.05, 0.1) is 22.0 Å². The maximum Gasteiger partial charge on any atom is 0.343 e. The number of nitrogens with zero attached hydrogens (tertiary/aromatic N) is 4. The van der Waals surface area contributed by atoms with E-state index in [4.69, 9.17) is 16.3 Å². The molecule has 0 fully saturated rings. The maximum absolute atomic E-state index is 12.8. The van der Waals surface area contributed by atoms with Crippen LogP contribution in [-0.2, 0) is 11.3 Å². The van der Waals surface area contributed by atoms with Gasteiger partial charge in [0.1, 0.15) is 11.6 Å². The van der Waals surface area contributed by atoms with E-state index in [1.54, 1.807) is 23.0 Å². The number of nitro groups is 2. The molecule has 0 aliphatic carbocycles. The zero-order valence-electron chi connectivity index (χ0n) is 18.5. The molecule has 11 heteroatoms. The summed E-state index contributed by atoms with van der Waals surface area (Å²) in [5.74, 6) is -0.238. The lowest BCUT2D eigenvalue weighted by molar-refractivity contribution is -0.385. The predicted molar refractivity (Wildman–Crippen MR) is 132 cm³/mol. The van der Waals surface area contributed by atoms with Crippen molar-refractivity contribution in [3.05, 3.63) is 133 Å². The highest BCUT2D eigenvalue weighted by Gasteiger charge is 2.17. The standard InChI is InChI=1S/C25H17ClN4O6/c26-22-4-2-1-3-19(22)16-28-14-13-27-24(28)15-23(17-5-9-20(10-6-17)29(32)33)36-25(31)18-7-11-21(12-8-18)30(34)35/h1-15H,16H2/b23-15-. The van der Waals surface area contributed by atoms with E-state index in [-0.39, 0.29) is 22.7 Å². The number of esters is 1. The second-order valence-electron chi connectivity index (χ2n) is 7.51. The number of benzene rings is 3. The smallest absolute Gasteiger partial charge is 0.343 e. The SMILES string of the molecule is O=C(O/C(=C\c1nccn1Cc1ccccc1Cl)c1ccc([N+](=O)[O-])cc1)c1ccc([N+](=O)[O-])cc1. The molecule has 36 heavy (non-hydrogen) atoms. The molecule has 10 nitrogen and oxygen atoms in total. The van der Waals surface area contributed by atoms with Crippen LogP contribution in [0.3, 0.4) is 0 Å². The molecule has 0 spiro atoms. The molecule has 0 N–H and O–H groups in total. The maximum atomic E-state index is 12.8. The Hall–Kier alpha value is -4.83. The summed E-state index contributed by atoms with van der Waals surface area (Å²) in [6, 6.07) is 17.8. The highest BCUT2D eigenvalue weighted by atomic mass is 35.5. The van der Waals surface area contributed by atoms with Gasteiger partial charge in [0, 0.05) is 53.3 Å². The number of carbonyl (C=O) groups is 1. The number of hydrogen-bond donors (Lipinski definition) is 0. The van der Waals surface area contributed by atoms with Crippen LogP contribution >= 0.6 is 11.6 Å². The first-order valence-corrected chi connectivity index (χ1v) is 10.9. The second kappa shape index (κ2) is 10.6. The third-order valence-electron chi connectivity index (χ3n) is 5.19. The van der Waals surface area contributed by atoms with Crippen molar-refractivity contribution in [2.45, 2.75) is 6.54 Å². The van der Waals surface area contributed by atoms with E-state index in [2.05, 4.69) is 4.98 Å². The van der Waals surface area contributed by atoms with Gasteiger partial charge in [-0.25, -0.2) is 9.78 Å². The zero-order valence-corrected chi connectivity index (χ0v) is 19.2. The van der Waals surface area contributed by atoms with Crippen LogP contribution in [0.25, 0.3) is 11.8 Å². The molecule has 1 heterocycles. The Kier molecular flexibility index (Phi) is 7.17. The van der Waals surface area contributed by atoms with Crippen molar-refractivity contribution < 1.29 is 19.4 Å². The molecule has 0 atom stereocenters. The molecule has 4 aromatic rings. The molecule has 0 aliphatic heterocycles. The largest absolute Gasteiger partial charge is 0.422 e. The van der Waals surface area contributed by atoms with Crippen LogP contribution in [0.5, 0.6) is 0 Å². The number of nitro benzene ring substituents is 2. The van der Waals surface area contributed by atoms with Gasteiger partial charge in [-0.05, 0) is 35.9 Å². The predicted octanol–water partition coefficient (Wildman–Crippen LogP) is 5.76. The molecule has 0 amide bonds. The van der Waals surface area contributed by atoms with Gasteiger partial charge >= 0.3 is 5.97 Å². The molecule has 0 aliphatic rings. The molecule has 4 rings (SSSR count). The highest BCUT2D eigenvalue weighted by Crippen LogP contribution is 2.25. The lowest BCUT2D eigenvalue weighted by Gasteiger charge is -2.11. The van der Waals surface area contributed by atoms with E-state index in [0.29, 0.717) is 23.0 Å². The van der Waals surface area contributed by atoms with Gasteiger partial charge in [0.2, 0.25) is 0 Å². The molecular formula is C25H17ClN4O6. The minimum absolute atomic E-state index is 0.0832. The number of carbonyl (C=O) groups excluding carboxylic acids is 1. The van der Waals surface area contributed by atoms with Gasteiger partial charge in [0.15, 0.2) is 0 Å². The van der Waals surface area contributed by atoms with Gasteiger partial charge in [-0.15, -0.1) is 0 Å². The van der Waals surface area contributed by atoms with Crippen molar-refractivity contribution in [3.8, 4) is 0 Å². The Bertz CT molecular complexity index is 1460. The van der Waals surface area contributed by atoms with E-state index >= 15 is 0 Å². The molecule has 0 saturated heterocycles. The van der Waals surface area contributed by atoms with Gasteiger partial charge in [-0.3, -0.25) is 20.2 Å². The van der Waals surface area contributed by atoms with Crippen LogP contribution in [0.2, 0.25) is 5.02 Å². The number of halogens is 1. The number of imidazole rings is 1. The van der Waals surface area contributed by atoms with Crippen molar-refractivity contribution in [1.82, 2.24) is 9.55 Å². The Morgan fingerprint density at radius 1 is 0.917 bits per heavy atom. The summed E-state index contributed by atoms with van der Waals surface area (Å²) in [5.41, 5.74) is 1.04. The van der Waals surface area contributed by atoms with Gasteiger partial charge in [-0.1, -0.05) is 29.8 Å². The van der Waals surface area contributed by atoms with E-state index in [1.807, 2.05) is 18.2 Å². The first-order chi connectivity index (χ1) is 17.3. The van der Waals surface area contributed by atoms with Crippen molar-refractivity contribution in [1.29, 1.82) is 0 Å². The van der Waals surface area contributed by atoms with E-state index in [0.717, 1.165) is 5.56 Å². The number of aromatic nitrogens is 2. The second-order valence-corrected chi connectivity index (χ2v) is 7.92. The molecule has 180 valence electrons. The quantitative estimate of drug-likeness (QED) is 0.129. The summed E-state index contributed by atoms with van der Waals surface area (Å²) in [4.78, 5) is 38.0. The van der Waals surface area contributed by atoms with Gasteiger partial charge < -0.3 is 9.30 Å². The van der Waals surface area contributed by atoms with Crippen LogP contribution < -0.4 is 0 Å². The monoisotopic (exact) mass is 504 g/mol. The fraction of sp³-hybridized carbons (Fsp3) is 0.0400. The summed E-state index contributed by atoms with van der Waals surface area (Å²) in [6.07, 6.45) is 4.84. The topological polar surface area (TPSA) is 130 Å². The minimum atomic E-state index is -0.765. The van der Waals surface area contributed by atoms with Crippen LogP contribution in [0.4, 0.5) is 11.4 Å². The van der Waals surface area contributed by atoms with Gasteiger partial charge in [0.25, 0.3) is 11.4 Å². The third kappa shape index (κ3) is 5.62. The lowest BCUT2D eigenvalue weighted by Crippen LogP contribution is -2.07. The van der Waals surface area contributed by atoms with E-state index in [1.165, 1.54) is 54.6 Å². The van der Waals surface area contributed by atoms with Crippen molar-refractivity contribution >= 4 is 40.8 Å². The molecule has 3 aromatic carbocycles. The molecular weight excluding hydrogens is 488 g/mol. The third-order valence-corrected chi connectivity index (χ3v) is 5.55. The Morgan fingerprint density at radius 2 is 1.50 bits per heavy atom. The van der Waals surface area contributed by atoms with Crippen molar-refractivity contribution in [3.63, 3.8) is 0 Å². The summed E-state index contributed by atoms with van der Waals surface area (Å²) >= 11 is 6.29. The lowest BCUT2D eigenvalue weighted by atomic mass is 10.1. The molecule has 0 saturated carbocycles. The van der Waals surface area contributed by atoms with Crippen LogP contribution in [0.15, 0.2) is 85.2 Å². The van der Waals surface area contributed by atoms with Crippen LogP contribution in [0, 0.1) is 20.2 Å².